The molecule has 110 valence electrons. The van der Waals surface area contributed by atoms with Gasteiger partial charge in [-0.05, 0) is 44.4 Å². The number of hydrogen-bond donors (Lipinski definition) is 0. The zero-order valence-corrected chi connectivity index (χ0v) is 12.6. The van der Waals surface area contributed by atoms with Crippen molar-refractivity contribution in [1.82, 2.24) is 4.90 Å². The van der Waals surface area contributed by atoms with E-state index in [-0.39, 0.29) is 5.78 Å². The van der Waals surface area contributed by atoms with Gasteiger partial charge >= 0.3 is 0 Å². The number of ether oxygens (including phenoxy) is 1. The van der Waals surface area contributed by atoms with Crippen LogP contribution in [0, 0.1) is 5.92 Å². The number of carbonyl (C=O) groups excluding carboxylic acids is 1. The maximum atomic E-state index is 12.4. The third kappa shape index (κ3) is 3.83. The summed E-state index contributed by atoms with van der Waals surface area (Å²) in [5.74, 6) is 1.66. The van der Waals surface area contributed by atoms with Gasteiger partial charge in [-0.3, -0.25) is 9.69 Å². The van der Waals surface area contributed by atoms with Gasteiger partial charge in [-0.2, -0.15) is 0 Å². The second-order valence-electron chi connectivity index (χ2n) is 5.53. The molecule has 1 heterocycles. The number of Topliss-reactive ketones (excluding diaryl/α,β-unsaturated/α-hetero) is 1. The highest BCUT2D eigenvalue weighted by Crippen LogP contribution is 2.23. The Morgan fingerprint density at radius 1 is 1.35 bits per heavy atom. The summed E-state index contributed by atoms with van der Waals surface area (Å²) in [5.41, 5.74) is 0.716. The summed E-state index contributed by atoms with van der Waals surface area (Å²) in [4.78, 5) is 14.7. The standard InChI is InChI=1S/C17H25NO2/c1-3-7-14-10-11-18(12-14)13-16(19)15-8-5-6-9-17(15)20-4-2/h5-6,8-9,14H,3-4,7,10-13H2,1-2H3. The molecule has 1 atom stereocenters. The third-order valence-corrected chi connectivity index (χ3v) is 3.92. The molecule has 0 N–H and O–H groups in total. The zero-order valence-electron chi connectivity index (χ0n) is 12.6. The molecule has 0 saturated carbocycles. The second-order valence-corrected chi connectivity index (χ2v) is 5.53. The molecule has 2 rings (SSSR count). The molecular weight excluding hydrogens is 250 g/mol. The van der Waals surface area contributed by atoms with Crippen LogP contribution in [0.25, 0.3) is 0 Å². The van der Waals surface area contributed by atoms with Crippen LogP contribution in [-0.2, 0) is 0 Å². The van der Waals surface area contributed by atoms with Crippen LogP contribution < -0.4 is 4.74 Å². The lowest BCUT2D eigenvalue weighted by Gasteiger charge is -2.16. The molecule has 0 aliphatic carbocycles. The molecule has 0 radical (unpaired) electrons. The maximum Gasteiger partial charge on any atom is 0.180 e. The van der Waals surface area contributed by atoms with Gasteiger partial charge in [0.05, 0.1) is 18.7 Å². The Morgan fingerprint density at radius 3 is 2.90 bits per heavy atom. The molecule has 0 bridgehead atoms. The van der Waals surface area contributed by atoms with Crippen LogP contribution in [0.1, 0.15) is 43.5 Å². The van der Waals surface area contributed by atoms with E-state index in [4.69, 9.17) is 4.74 Å². The van der Waals surface area contributed by atoms with Crippen molar-refractivity contribution in [2.45, 2.75) is 33.1 Å². The molecule has 1 aliphatic heterocycles. The first-order valence-corrected chi connectivity index (χ1v) is 7.72. The van der Waals surface area contributed by atoms with Crippen LogP contribution in [0.4, 0.5) is 0 Å². The number of para-hydroxylation sites is 1. The Labute approximate surface area is 121 Å². The van der Waals surface area contributed by atoms with E-state index in [0.29, 0.717) is 24.5 Å². The fourth-order valence-electron chi connectivity index (χ4n) is 2.97. The van der Waals surface area contributed by atoms with Crippen molar-refractivity contribution in [1.29, 1.82) is 0 Å². The number of carbonyl (C=O) groups is 1. The van der Waals surface area contributed by atoms with Crippen LogP contribution in [0.2, 0.25) is 0 Å². The van der Waals surface area contributed by atoms with Gasteiger partial charge < -0.3 is 4.74 Å². The van der Waals surface area contributed by atoms with E-state index < -0.39 is 0 Å². The van der Waals surface area contributed by atoms with Crippen LogP contribution in [0.5, 0.6) is 5.75 Å². The summed E-state index contributed by atoms with van der Waals surface area (Å²) in [6.45, 7) is 7.39. The fraction of sp³-hybridized carbons (Fsp3) is 0.588. The first-order valence-electron chi connectivity index (χ1n) is 7.72. The van der Waals surface area contributed by atoms with Gasteiger partial charge in [-0.1, -0.05) is 25.5 Å². The molecule has 1 unspecified atom stereocenters. The molecule has 3 nitrogen and oxygen atoms in total. The average molecular weight is 275 g/mol. The molecule has 0 spiro atoms. The number of likely N-dealkylation sites (tertiary alicyclic amines) is 1. The molecule has 0 aromatic heterocycles. The van der Waals surface area contributed by atoms with Gasteiger partial charge in [-0.15, -0.1) is 0 Å². The summed E-state index contributed by atoms with van der Waals surface area (Å²) in [7, 11) is 0. The smallest absolute Gasteiger partial charge is 0.180 e. The van der Waals surface area contributed by atoms with Gasteiger partial charge in [0.15, 0.2) is 5.78 Å². The molecule has 3 heteroatoms. The first-order chi connectivity index (χ1) is 9.74. The normalized spacial score (nSPS) is 19.2. The Kier molecular flexibility index (Phi) is 5.60. The summed E-state index contributed by atoms with van der Waals surface area (Å²) >= 11 is 0. The highest BCUT2D eigenvalue weighted by molar-refractivity contribution is 6.00. The molecular formula is C17H25NO2. The zero-order chi connectivity index (χ0) is 14.4. The van der Waals surface area contributed by atoms with E-state index in [9.17, 15) is 4.79 Å². The Bertz CT molecular complexity index is 444. The number of nitrogens with zero attached hydrogens (tertiary/aromatic N) is 1. The highest BCUT2D eigenvalue weighted by Gasteiger charge is 2.24. The van der Waals surface area contributed by atoms with Gasteiger partial charge in [0.25, 0.3) is 0 Å². The SMILES string of the molecule is CCCC1CCN(CC(=O)c2ccccc2OCC)C1. The van der Waals surface area contributed by atoms with E-state index in [1.807, 2.05) is 31.2 Å². The van der Waals surface area contributed by atoms with E-state index in [1.165, 1.54) is 19.3 Å². The van der Waals surface area contributed by atoms with Crippen LogP contribution >= 0.6 is 0 Å². The van der Waals surface area contributed by atoms with Gasteiger partial charge in [-0.25, -0.2) is 0 Å². The van der Waals surface area contributed by atoms with Crippen molar-refractivity contribution in [2.24, 2.45) is 5.92 Å². The van der Waals surface area contributed by atoms with Crippen molar-refractivity contribution < 1.29 is 9.53 Å². The van der Waals surface area contributed by atoms with E-state index in [1.54, 1.807) is 0 Å². The molecule has 20 heavy (non-hydrogen) atoms. The second kappa shape index (κ2) is 7.44. The van der Waals surface area contributed by atoms with Crippen molar-refractivity contribution in [3.8, 4) is 5.75 Å². The number of benzene rings is 1. The van der Waals surface area contributed by atoms with E-state index in [2.05, 4.69) is 11.8 Å². The lowest BCUT2D eigenvalue weighted by atomic mass is 10.0. The molecule has 1 fully saturated rings. The fourth-order valence-corrected chi connectivity index (χ4v) is 2.97. The Morgan fingerprint density at radius 2 is 2.15 bits per heavy atom. The maximum absolute atomic E-state index is 12.4. The number of rotatable bonds is 7. The van der Waals surface area contributed by atoms with E-state index >= 15 is 0 Å². The summed E-state index contributed by atoms with van der Waals surface area (Å²) in [5, 5.41) is 0. The lowest BCUT2D eigenvalue weighted by Crippen LogP contribution is -2.28. The monoisotopic (exact) mass is 275 g/mol. The Hall–Kier alpha value is -1.35. The minimum absolute atomic E-state index is 0.172. The quantitative estimate of drug-likeness (QED) is 0.714. The van der Waals surface area contributed by atoms with Gasteiger partial charge in [0, 0.05) is 6.54 Å². The largest absolute Gasteiger partial charge is 0.493 e. The lowest BCUT2D eigenvalue weighted by molar-refractivity contribution is 0.0939. The molecule has 1 aromatic rings. The summed E-state index contributed by atoms with van der Waals surface area (Å²) in [6.07, 6.45) is 3.74. The van der Waals surface area contributed by atoms with Crippen molar-refractivity contribution >= 4 is 5.78 Å². The molecule has 0 amide bonds. The Balaban J connectivity index is 1.95. The number of ketones is 1. The predicted octanol–water partition coefficient (Wildman–Crippen LogP) is 3.39. The molecule has 1 aromatic carbocycles. The van der Waals surface area contributed by atoms with Crippen LogP contribution in [0.15, 0.2) is 24.3 Å². The summed E-state index contributed by atoms with van der Waals surface area (Å²) in [6, 6.07) is 7.56. The first kappa shape index (κ1) is 15.0. The van der Waals surface area contributed by atoms with Gasteiger partial charge in [0.1, 0.15) is 5.75 Å². The highest BCUT2D eigenvalue weighted by atomic mass is 16.5. The minimum Gasteiger partial charge on any atom is -0.493 e. The third-order valence-electron chi connectivity index (χ3n) is 3.92. The molecule has 1 aliphatic rings. The average Bonchev–Trinajstić information content (AvgIpc) is 2.87. The van der Waals surface area contributed by atoms with Gasteiger partial charge in [0.2, 0.25) is 0 Å². The summed E-state index contributed by atoms with van der Waals surface area (Å²) < 4.78 is 5.54. The topological polar surface area (TPSA) is 29.5 Å². The predicted molar refractivity (Wildman–Crippen MR) is 81.4 cm³/mol. The van der Waals surface area contributed by atoms with Crippen molar-refractivity contribution in [3.05, 3.63) is 29.8 Å². The van der Waals surface area contributed by atoms with Crippen LogP contribution in [-0.4, -0.2) is 36.9 Å². The number of hydrogen-bond acceptors (Lipinski definition) is 3. The minimum atomic E-state index is 0.172. The van der Waals surface area contributed by atoms with Crippen molar-refractivity contribution in [2.75, 3.05) is 26.2 Å². The van der Waals surface area contributed by atoms with Crippen LogP contribution in [0.3, 0.4) is 0 Å². The molecule has 1 saturated heterocycles. The van der Waals surface area contributed by atoms with E-state index in [0.717, 1.165) is 19.0 Å². The van der Waals surface area contributed by atoms with Crippen molar-refractivity contribution in [3.63, 3.8) is 0 Å².